The molecule has 3 rings (SSSR count). The number of benzene rings is 2. The molecule has 5 nitrogen and oxygen atoms in total. The number of aryl methyl sites for hydroxylation is 1. The third-order valence-electron chi connectivity index (χ3n) is 7.43. The van der Waals surface area contributed by atoms with E-state index in [2.05, 4.69) is 11.6 Å². The van der Waals surface area contributed by atoms with E-state index >= 15 is 0 Å². The highest BCUT2D eigenvalue weighted by Gasteiger charge is 2.32. The molecule has 1 unspecified atom stereocenters. The van der Waals surface area contributed by atoms with Gasteiger partial charge in [-0.1, -0.05) is 87.7 Å². The SMILES string of the molecule is CCCCCC[C@H]1CC[C@H](C(NS(=O)(=O)c2ccc(Cl)cc2)c2ccc(CCCC(=O)O)cc2)CC1. The van der Waals surface area contributed by atoms with Gasteiger partial charge in [0.1, 0.15) is 0 Å². The van der Waals surface area contributed by atoms with Crippen LogP contribution in [0.1, 0.15) is 94.7 Å². The lowest BCUT2D eigenvalue weighted by Crippen LogP contribution is -2.35. The highest BCUT2D eigenvalue weighted by Crippen LogP contribution is 2.39. The lowest BCUT2D eigenvalue weighted by atomic mass is 9.75. The second-order valence-corrected chi connectivity index (χ2v) is 12.3. The van der Waals surface area contributed by atoms with Gasteiger partial charge in [-0.25, -0.2) is 13.1 Å². The van der Waals surface area contributed by atoms with Crippen LogP contribution in [-0.2, 0) is 21.2 Å². The molecular weight excluding hydrogens is 494 g/mol. The van der Waals surface area contributed by atoms with Crippen LogP contribution in [0.3, 0.4) is 0 Å². The van der Waals surface area contributed by atoms with Crippen LogP contribution in [0.15, 0.2) is 53.4 Å². The molecule has 0 radical (unpaired) electrons. The quantitative estimate of drug-likeness (QED) is 0.246. The van der Waals surface area contributed by atoms with Crippen molar-refractivity contribution in [1.82, 2.24) is 4.72 Å². The fraction of sp³-hybridized carbons (Fsp3) is 0.552. The van der Waals surface area contributed by atoms with Crippen LogP contribution in [0.2, 0.25) is 5.02 Å². The summed E-state index contributed by atoms with van der Waals surface area (Å²) in [4.78, 5) is 11.0. The van der Waals surface area contributed by atoms with E-state index in [4.69, 9.17) is 16.7 Å². The van der Waals surface area contributed by atoms with Gasteiger partial charge >= 0.3 is 5.97 Å². The van der Waals surface area contributed by atoms with Gasteiger partial charge in [-0.2, -0.15) is 0 Å². The van der Waals surface area contributed by atoms with Crippen LogP contribution in [-0.4, -0.2) is 19.5 Å². The molecule has 0 saturated heterocycles. The number of aliphatic carboxylic acids is 1. The molecule has 0 aromatic heterocycles. The summed E-state index contributed by atoms with van der Waals surface area (Å²) in [5.41, 5.74) is 2.02. The van der Waals surface area contributed by atoms with E-state index in [1.54, 1.807) is 24.3 Å². The lowest BCUT2D eigenvalue weighted by molar-refractivity contribution is -0.137. The summed E-state index contributed by atoms with van der Waals surface area (Å²) in [6, 6.07) is 14.0. The van der Waals surface area contributed by atoms with Crippen LogP contribution in [0.25, 0.3) is 0 Å². The van der Waals surface area contributed by atoms with Crippen molar-refractivity contribution in [3.63, 3.8) is 0 Å². The summed E-state index contributed by atoms with van der Waals surface area (Å²) in [6.07, 6.45) is 12.1. The number of unbranched alkanes of at least 4 members (excludes halogenated alkanes) is 3. The Hall–Kier alpha value is -1.89. The molecule has 7 heteroatoms. The first kappa shape index (κ1) is 28.7. The summed E-state index contributed by atoms with van der Waals surface area (Å²) in [5.74, 6) is 0.185. The van der Waals surface area contributed by atoms with Gasteiger partial charge in [0.2, 0.25) is 10.0 Å². The maximum atomic E-state index is 13.3. The minimum atomic E-state index is -3.72. The van der Waals surface area contributed by atoms with Gasteiger partial charge < -0.3 is 5.11 Å². The van der Waals surface area contributed by atoms with E-state index in [9.17, 15) is 13.2 Å². The van der Waals surface area contributed by atoms with Crippen molar-refractivity contribution in [2.75, 3.05) is 0 Å². The first-order valence-electron chi connectivity index (χ1n) is 13.4. The van der Waals surface area contributed by atoms with E-state index in [1.807, 2.05) is 24.3 Å². The van der Waals surface area contributed by atoms with Crippen molar-refractivity contribution in [1.29, 1.82) is 0 Å². The summed E-state index contributed by atoms with van der Waals surface area (Å²) in [6.45, 7) is 2.24. The van der Waals surface area contributed by atoms with E-state index in [0.29, 0.717) is 17.9 Å². The van der Waals surface area contributed by atoms with E-state index in [0.717, 1.165) is 42.7 Å². The number of carboxylic acid groups (broad SMARTS) is 1. The molecule has 36 heavy (non-hydrogen) atoms. The average molecular weight is 534 g/mol. The molecule has 1 fully saturated rings. The first-order chi connectivity index (χ1) is 17.3. The zero-order valence-corrected chi connectivity index (χ0v) is 22.9. The van der Waals surface area contributed by atoms with Crippen molar-refractivity contribution < 1.29 is 18.3 Å². The fourth-order valence-electron chi connectivity index (χ4n) is 5.29. The number of hydrogen-bond acceptors (Lipinski definition) is 3. The molecule has 0 spiro atoms. The summed E-state index contributed by atoms with van der Waals surface area (Å²) >= 11 is 5.97. The van der Waals surface area contributed by atoms with Crippen molar-refractivity contribution in [2.45, 2.75) is 94.9 Å². The van der Waals surface area contributed by atoms with Crippen LogP contribution < -0.4 is 4.72 Å². The van der Waals surface area contributed by atoms with Crippen LogP contribution >= 0.6 is 11.6 Å². The molecule has 0 amide bonds. The maximum Gasteiger partial charge on any atom is 0.303 e. The fourth-order valence-corrected chi connectivity index (χ4v) is 6.71. The Bertz CT molecular complexity index is 1050. The number of rotatable bonds is 14. The number of hydrogen-bond donors (Lipinski definition) is 2. The number of nitrogens with one attached hydrogen (secondary N) is 1. The molecule has 198 valence electrons. The summed E-state index contributed by atoms with van der Waals surface area (Å²) in [7, 11) is -3.72. The molecule has 2 aromatic rings. The Morgan fingerprint density at radius 3 is 2.25 bits per heavy atom. The normalized spacial score (nSPS) is 19.2. The smallest absolute Gasteiger partial charge is 0.303 e. The number of halogens is 1. The predicted molar refractivity (Wildman–Crippen MR) is 146 cm³/mol. The Labute approximate surface area is 221 Å². The van der Waals surface area contributed by atoms with Gasteiger partial charge in [0.25, 0.3) is 0 Å². The van der Waals surface area contributed by atoms with Gasteiger partial charge in [0.15, 0.2) is 0 Å². The molecule has 1 aliphatic carbocycles. The Balaban J connectivity index is 1.73. The monoisotopic (exact) mass is 533 g/mol. The molecule has 0 aliphatic heterocycles. The van der Waals surface area contributed by atoms with E-state index in [-0.39, 0.29) is 23.3 Å². The minimum Gasteiger partial charge on any atom is -0.481 e. The number of sulfonamides is 1. The van der Waals surface area contributed by atoms with Gasteiger partial charge in [-0.15, -0.1) is 0 Å². The molecular formula is C29H40ClNO4S. The highest BCUT2D eigenvalue weighted by atomic mass is 35.5. The Kier molecular flexibility index (Phi) is 11.3. The Morgan fingerprint density at radius 1 is 0.972 bits per heavy atom. The minimum absolute atomic E-state index is 0.146. The molecule has 2 aromatic carbocycles. The topological polar surface area (TPSA) is 83.5 Å². The van der Waals surface area contributed by atoms with Crippen molar-refractivity contribution in [2.24, 2.45) is 11.8 Å². The standard InChI is InChI=1S/C29H40ClNO4S/c1-2-3-4-5-7-22-10-14-24(15-11-22)29(31-36(34,35)27-20-18-26(30)19-21-27)25-16-12-23(13-17-25)8-6-9-28(32)33/h12-13,16-22,24,29,31H,2-11,14-15H2,1H3,(H,32,33)/t22-,24-,29?. The van der Waals surface area contributed by atoms with Gasteiger partial charge in [0, 0.05) is 17.5 Å². The molecule has 0 bridgehead atoms. The van der Waals surface area contributed by atoms with Gasteiger partial charge in [0.05, 0.1) is 4.90 Å². The summed E-state index contributed by atoms with van der Waals surface area (Å²) < 4.78 is 29.6. The highest BCUT2D eigenvalue weighted by molar-refractivity contribution is 7.89. The number of carbonyl (C=O) groups is 1. The van der Waals surface area contributed by atoms with Crippen LogP contribution in [0.5, 0.6) is 0 Å². The van der Waals surface area contributed by atoms with Gasteiger partial charge in [-0.3, -0.25) is 4.79 Å². The summed E-state index contributed by atoms with van der Waals surface area (Å²) in [5, 5.41) is 9.39. The second kappa shape index (κ2) is 14.2. The van der Waals surface area contributed by atoms with E-state index < -0.39 is 16.0 Å². The number of carboxylic acids is 1. The lowest BCUT2D eigenvalue weighted by Gasteiger charge is -2.34. The van der Waals surface area contributed by atoms with Crippen molar-refractivity contribution in [3.8, 4) is 0 Å². The van der Waals surface area contributed by atoms with Crippen LogP contribution in [0.4, 0.5) is 0 Å². The first-order valence-corrected chi connectivity index (χ1v) is 15.2. The Morgan fingerprint density at radius 2 is 1.64 bits per heavy atom. The zero-order valence-electron chi connectivity index (χ0n) is 21.3. The van der Waals surface area contributed by atoms with E-state index in [1.165, 1.54) is 32.1 Å². The van der Waals surface area contributed by atoms with Gasteiger partial charge in [-0.05, 0) is 72.9 Å². The molecule has 0 heterocycles. The molecule has 1 atom stereocenters. The largest absolute Gasteiger partial charge is 0.481 e. The average Bonchev–Trinajstić information content (AvgIpc) is 2.86. The van der Waals surface area contributed by atoms with Crippen molar-refractivity contribution >= 4 is 27.6 Å². The van der Waals surface area contributed by atoms with Crippen molar-refractivity contribution in [3.05, 3.63) is 64.7 Å². The second-order valence-electron chi connectivity index (χ2n) is 10.2. The molecule has 1 aliphatic rings. The third-order valence-corrected chi connectivity index (χ3v) is 9.14. The van der Waals surface area contributed by atoms with Crippen LogP contribution in [0, 0.1) is 11.8 Å². The molecule has 2 N–H and O–H groups in total. The molecule has 1 saturated carbocycles. The third kappa shape index (κ3) is 8.89. The zero-order chi connectivity index (χ0) is 26.0. The maximum absolute atomic E-state index is 13.3. The predicted octanol–water partition coefficient (Wildman–Crippen LogP) is 7.54.